The van der Waals surface area contributed by atoms with Crippen LogP contribution in [0.5, 0.6) is 5.88 Å². The molecule has 0 atom stereocenters. The molecule has 16 heavy (non-hydrogen) atoms. The van der Waals surface area contributed by atoms with Gasteiger partial charge in [0.2, 0.25) is 5.88 Å². The molecule has 82 valence electrons. The van der Waals surface area contributed by atoms with Crippen molar-refractivity contribution in [3.8, 4) is 5.88 Å². The Balaban J connectivity index is 2.65. The number of para-hydroxylation sites is 1. The van der Waals surface area contributed by atoms with Crippen molar-refractivity contribution in [2.45, 2.75) is 6.92 Å². The number of fused-ring (bicyclic) bond motifs is 1. The maximum absolute atomic E-state index is 7.49. The first kappa shape index (κ1) is 10.4. The van der Waals surface area contributed by atoms with Gasteiger partial charge in [0.1, 0.15) is 5.84 Å². The van der Waals surface area contributed by atoms with Crippen LogP contribution in [0.25, 0.3) is 10.9 Å². The number of nitrogens with two attached hydrogens (primary N) is 1. The first-order valence-electron chi connectivity index (χ1n) is 5.09. The van der Waals surface area contributed by atoms with Crippen molar-refractivity contribution in [1.29, 1.82) is 5.41 Å². The van der Waals surface area contributed by atoms with E-state index < -0.39 is 0 Å². The highest BCUT2D eigenvalue weighted by Crippen LogP contribution is 2.21. The highest BCUT2D eigenvalue weighted by atomic mass is 16.5. The van der Waals surface area contributed by atoms with E-state index in [9.17, 15) is 0 Å². The van der Waals surface area contributed by atoms with E-state index in [1.807, 2.05) is 37.3 Å². The third kappa shape index (κ3) is 1.82. The van der Waals surface area contributed by atoms with Gasteiger partial charge in [0.25, 0.3) is 0 Å². The summed E-state index contributed by atoms with van der Waals surface area (Å²) in [4.78, 5) is 4.34. The predicted octanol–water partition coefficient (Wildman–Crippen LogP) is 1.92. The molecule has 0 radical (unpaired) electrons. The van der Waals surface area contributed by atoms with E-state index in [0.717, 1.165) is 10.9 Å². The Kier molecular flexibility index (Phi) is 2.72. The fraction of sp³-hybridized carbons (Fsp3) is 0.167. The maximum atomic E-state index is 7.49. The van der Waals surface area contributed by atoms with Gasteiger partial charge in [-0.1, -0.05) is 18.2 Å². The summed E-state index contributed by atoms with van der Waals surface area (Å²) in [6.45, 7) is 2.38. The van der Waals surface area contributed by atoms with Crippen molar-refractivity contribution in [2.24, 2.45) is 5.73 Å². The van der Waals surface area contributed by atoms with Crippen LogP contribution in [0.4, 0.5) is 0 Å². The lowest BCUT2D eigenvalue weighted by molar-refractivity contribution is 0.327. The topological polar surface area (TPSA) is 72.0 Å². The number of rotatable bonds is 3. The smallest absolute Gasteiger partial charge is 0.225 e. The van der Waals surface area contributed by atoms with Crippen LogP contribution in [0.3, 0.4) is 0 Å². The third-order valence-electron chi connectivity index (χ3n) is 2.26. The second kappa shape index (κ2) is 4.18. The van der Waals surface area contributed by atoms with E-state index in [-0.39, 0.29) is 5.84 Å². The number of nitrogens with one attached hydrogen (secondary N) is 1. The van der Waals surface area contributed by atoms with E-state index in [0.29, 0.717) is 18.1 Å². The minimum absolute atomic E-state index is 0.0262. The van der Waals surface area contributed by atoms with Crippen LogP contribution in [0.1, 0.15) is 12.5 Å². The Bertz CT molecular complexity index is 537. The van der Waals surface area contributed by atoms with Gasteiger partial charge in [-0.05, 0) is 19.1 Å². The Morgan fingerprint density at radius 1 is 1.44 bits per heavy atom. The van der Waals surface area contributed by atoms with Crippen molar-refractivity contribution in [2.75, 3.05) is 6.61 Å². The molecule has 0 spiro atoms. The van der Waals surface area contributed by atoms with Crippen LogP contribution in [-0.4, -0.2) is 17.4 Å². The lowest BCUT2D eigenvalue weighted by Gasteiger charge is -2.09. The lowest BCUT2D eigenvalue weighted by Crippen LogP contribution is -2.14. The second-order valence-electron chi connectivity index (χ2n) is 3.38. The molecule has 1 aromatic carbocycles. The summed E-state index contributed by atoms with van der Waals surface area (Å²) in [7, 11) is 0. The van der Waals surface area contributed by atoms with Crippen molar-refractivity contribution in [3.63, 3.8) is 0 Å². The van der Waals surface area contributed by atoms with Gasteiger partial charge >= 0.3 is 0 Å². The number of pyridine rings is 1. The lowest BCUT2D eigenvalue weighted by atomic mass is 10.1. The third-order valence-corrected chi connectivity index (χ3v) is 2.26. The zero-order valence-electron chi connectivity index (χ0n) is 9.03. The highest BCUT2D eigenvalue weighted by Gasteiger charge is 2.09. The summed E-state index contributed by atoms with van der Waals surface area (Å²) < 4.78 is 5.37. The zero-order chi connectivity index (χ0) is 11.5. The number of nitrogens with zero attached hydrogens (tertiary/aromatic N) is 1. The highest BCUT2D eigenvalue weighted by molar-refractivity contribution is 6.00. The monoisotopic (exact) mass is 215 g/mol. The number of ether oxygens (including phenoxy) is 1. The maximum Gasteiger partial charge on any atom is 0.225 e. The fourth-order valence-electron chi connectivity index (χ4n) is 1.54. The molecule has 3 N–H and O–H groups in total. The number of nitrogen functional groups attached to an aromatic ring is 1. The summed E-state index contributed by atoms with van der Waals surface area (Å²) in [5.74, 6) is 0.399. The quantitative estimate of drug-likeness (QED) is 0.607. The summed E-state index contributed by atoms with van der Waals surface area (Å²) in [6.07, 6.45) is 0. The van der Waals surface area contributed by atoms with Crippen molar-refractivity contribution in [1.82, 2.24) is 4.98 Å². The van der Waals surface area contributed by atoms with E-state index in [1.54, 1.807) is 0 Å². The van der Waals surface area contributed by atoms with E-state index in [1.165, 1.54) is 0 Å². The first-order chi connectivity index (χ1) is 7.72. The molecule has 4 heteroatoms. The van der Waals surface area contributed by atoms with Gasteiger partial charge in [-0.2, -0.15) is 0 Å². The van der Waals surface area contributed by atoms with Gasteiger partial charge in [0.05, 0.1) is 17.7 Å². The van der Waals surface area contributed by atoms with Gasteiger partial charge in [-0.15, -0.1) is 0 Å². The minimum atomic E-state index is -0.0262. The van der Waals surface area contributed by atoms with Gasteiger partial charge in [-0.3, -0.25) is 5.41 Å². The molecule has 0 amide bonds. The van der Waals surface area contributed by atoms with Crippen LogP contribution >= 0.6 is 0 Å². The number of aromatic nitrogens is 1. The molecule has 0 bridgehead atoms. The fourth-order valence-corrected chi connectivity index (χ4v) is 1.54. The molecular formula is C12H13N3O. The van der Waals surface area contributed by atoms with Crippen LogP contribution < -0.4 is 10.5 Å². The van der Waals surface area contributed by atoms with Crippen LogP contribution in [0, 0.1) is 5.41 Å². The molecule has 0 aliphatic carbocycles. The van der Waals surface area contributed by atoms with Gasteiger partial charge in [0, 0.05) is 5.39 Å². The van der Waals surface area contributed by atoms with E-state index in [2.05, 4.69) is 4.98 Å². The Labute approximate surface area is 93.6 Å². The van der Waals surface area contributed by atoms with Crippen molar-refractivity contribution >= 4 is 16.7 Å². The average molecular weight is 215 g/mol. The molecule has 0 aliphatic heterocycles. The van der Waals surface area contributed by atoms with Crippen molar-refractivity contribution in [3.05, 3.63) is 35.9 Å². The Morgan fingerprint density at radius 2 is 2.19 bits per heavy atom. The molecule has 0 saturated heterocycles. The van der Waals surface area contributed by atoms with E-state index in [4.69, 9.17) is 15.9 Å². The molecule has 0 fully saturated rings. The molecule has 0 saturated carbocycles. The molecule has 2 aromatic rings. The summed E-state index contributed by atoms with van der Waals surface area (Å²) in [6, 6.07) is 9.51. The molecule has 1 heterocycles. The van der Waals surface area contributed by atoms with E-state index >= 15 is 0 Å². The summed E-state index contributed by atoms with van der Waals surface area (Å²) in [5, 5.41) is 8.44. The number of amidine groups is 1. The largest absolute Gasteiger partial charge is 0.477 e. The molecule has 4 nitrogen and oxygen atoms in total. The predicted molar refractivity (Wildman–Crippen MR) is 63.9 cm³/mol. The van der Waals surface area contributed by atoms with Gasteiger partial charge in [-0.25, -0.2) is 4.98 Å². The minimum Gasteiger partial charge on any atom is -0.477 e. The van der Waals surface area contributed by atoms with Crippen LogP contribution in [0.15, 0.2) is 30.3 Å². The normalized spacial score (nSPS) is 10.3. The summed E-state index contributed by atoms with van der Waals surface area (Å²) >= 11 is 0. The number of hydrogen-bond acceptors (Lipinski definition) is 3. The zero-order valence-corrected chi connectivity index (χ0v) is 9.03. The molecule has 2 rings (SSSR count). The first-order valence-corrected chi connectivity index (χ1v) is 5.09. The average Bonchev–Trinajstić information content (AvgIpc) is 2.28. The molecule has 0 unspecified atom stereocenters. The second-order valence-corrected chi connectivity index (χ2v) is 3.38. The molecule has 0 aliphatic rings. The van der Waals surface area contributed by atoms with Gasteiger partial charge in [0.15, 0.2) is 0 Å². The SMILES string of the molecule is CCOc1nc2ccccc2cc1C(=N)N. The molecule has 1 aromatic heterocycles. The standard InChI is InChI=1S/C12H13N3O/c1-2-16-12-9(11(13)14)7-8-5-3-4-6-10(8)15-12/h3-7H,2H2,1H3,(H3,13,14). The van der Waals surface area contributed by atoms with Crippen LogP contribution in [-0.2, 0) is 0 Å². The van der Waals surface area contributed by atoms with Crippen molar-refractivity contribution < 1.29 is 4.74 Å². The van der Waals surface area contributed by atoms with Gasteiger partial charge < -0.3 is 10.5 Å². The number of hydrogen-bond donors (Lipinski definition) is 2. The molecular weight excluding hydrogens is 202 g/mol. The Morgan fingerprint density at radius 3 is 2.88 bits per heavy atom. The Hall–Kier alpha value is -2.10. The summed E-state index contributed by atoms with van der Waals surface area (Å²) in [5.41, 5.74) is 6.88. The number of benzene rings is 1. The van der Waals surface area contributed by atoms with Crippen LogP contribution in [0.2, 0.25) is 0 Å².